The van der Waals surface area contributed by atoms with Crippen LogP contribution in [0.4, 0.5) is 11.5 Å². The maximum absolute atomic E-state index is 11.9. The summed E-state index contributed by atoms with van der Waals surface area (Å²) in [7, 11) is -3.16. The number of piperazine rings is 1. The minimum absolute atomic E-state index is 0.0683. The molecule has 2 aliphatic rings. The molecule has 0 saturated carbocycles. The van der Waals surface area contributed by atoms with Crippen LogP contribution in [0.2, 0.25) is 0 Å². The first-order valence-electron chi connectivity index (χ1n) is 11.4. The summed E-state index contributed by atoms with van der Waals surface area (Å²) < 4.78 is 25.3. The summed E-state index contributed by atoms with van der Waals surface area (Å²) in [5.74, 6) is 1.99. The van der Waals surface area contributed by atoms with Crippen LogP contribution in [-0.4, -0.2) is 76.6 Å². The Bertz CT molecular complexity index is 1290. The van der Waals surface area contributed by atoms with Crippen molar-refractivity contribution >= 4 is 21.5 Å². The fourth-order valence-electron chi connectivity index (χ4n) is 4.64. The van der Waals surface area contributed by atoms with Crippen molar-refractivity contribution in [1.82, 2.24) is 29.2 Å². The molecule has 0 spiro atoms. The molecule has 0 amide bonds. The summed E-state index contributed by atoms with van der Waals surface area (Å²) in [6.07, 6.45) is 7.31. The quantitative estimate of drug-likeness (QED) is 0.553. The number of fused-ring (bicyclic) bond motifs is 1. The molecular formula is C23H28N8O2S. The minimum atomic E-state index is -3.16. The first-order valence-corrected chi connectivity index (χ1v) is 13.2. The third-order valence-electron chi connectivity index (χ3n) is 6.46. The van der Waals surface area contributed by atoms with E-state index in [0.717, 1.165) is 41.4 Å². The number of rotatable bonds is 4. The van der Waals surface area contributed by atoms with Crippen LogP contribution >= 0.6 is 0 Å². The SMILES string of the molecule is Cc1cc(N2CCN(S(C)(=O)=O)CC2)cc(N2CCc3nc(-c4ncccn4)ncc3[C@H]2C)n1. The van der Waals surface area contributed by atoms with Gasteiger partial charge in [0.05, 0.1) is 18.0 Å². The minimum Gasteiger partial charge on any atom is -0.369 e. The van der Waals surface area contributed by atoms with Crippen LogP contribution in [0, 0.1) is 6.92 Å². The second-order valence-electron chi connectivity index (χ2n) is 8.76. The highest BCUT2D eigenvalue weighted by molar-refractivity contribution is 7.88. The fraction of sp³-hybridized carbons (Fsp3) is 0.435. The molecule has 2 aliphatic heterocycles. The number of aromatic nitrogens is 5. The lowest BCUT2D eigenvalue weighted by Crippen LogP contribution is -2.48. The van der Waals surface area contributed by atoms with E-state index in [1.165, 1.54) is 10.6 Å². The Balaban J connectivity index is 1.38. The van der Waals surface area contributed by atoms with Crippen molar-refractivity contribution in [1.29, 1.82) is 0 Å². The Morgan fingerprint density at radius 1 is 0.941 bits per heavy atom. The molecule has 0 bridgehead atoms. The third-order valence-corrected chi connectivity index (χ3v) is 7.77. The molecule has 10 nitrogen and oxygen atoms in total. The van der Waals surface area contributed by atoms with Crippen molar-refractivity contribution in [2.45, 2.75) is 26.3 Å². The van der Waals surface area contributed by atoms with Gasteiger partial charge >= 0.3 is 0 Å². The van der Waals surface area contributed by atoms with Crippen LogP contribution in [0.3, 0.4) is 0 Å². The molecule has 5 heterocycles. The van der Waals surface area contributed by atoms with Crippen molar-refractivity contribution in [2.24, 2.45) is 0 Å². The van der Waals surface area contributed by atoms with Crippen molar-refractivity contribution in [3.8, 4) is 11.6 Å². The van der Waals surface area contributed by atoms with Gasteiger partial charge in [-0.2, -0.15) is 4.31 Å². The van der Waals surface area contributed by atoms with Crippen molar-refractivity contribution < 1.29 is 8.42 Å². The molecule has 178 valence electrons. The van der Waals surface area contributed by atoms with Crippen LogP contribution in [0.5, 0.6) is 0 Å². The number of aryl methyl sites for hydroxylation is 1. The second kappa shape index (κ2) is 8.88. The Hall–Kier alpha value is -3.18. The molecule has 34 heavy (non-hydrogen) atoms. The van der Waals surface area contributed by atoms with Crippen LogP contribution in [0.15, 0.2) is 36.8 Å². The van der Waals surface area contributed by atoms with Crippen LogP contribution in [0.25, 0.3) is 11.6 Å². The van der Waals surface area contributed by atoms with Gasteiger partial charge in [0.1, 0.15) is 5.82 Å². The van der Waals surface area contributed by atoms with Gasteiger partial charge in [-0.25, -0.2) is 33.3 Å². The van der Waals surface area contributed by atoms with E-state index in [4.69, 9.17) is 9.97 Å². The lowest BCUT2D eigenvalue weighted by Gasteiger charge is -2.37. The fourth-order valence-corrected chi connectivity index (χ4v) is 5.47. The summed E-state index contributed by atoms with van der Waals surface area (Å²) in [6.45, 7) is 7.24. The number of sulfonamides is 1. The number of anilines is 2. The largest absolute Gasteiger partial charge is 0.369 e. The van der Waals surface area contributed by atoms with Crippen molar-refractivity contribution in [2.75, 3.05) is 48.8 Å². The second-order valence-corrected chi connectivity index (χ2v) is 10.7. The lowest BCUT2D eigenvalue weighted by atomic mass is 9.99. The van der Waals surface area contributed by atoms with Gasteiger partial charge < -0.3 is 9.80 Å². The van der Waals surface area contributed by atoms with E-state index in [1.807, 2.05) is 13.1 Å². The van der Waals surface area contributed by atoms with Crippen molar-refractivity contribution in [3.63, 3.8) is 0 Å². The molecule has 3 aromatic heterocycles. The normalized spacial score (nSPS) is 19.2. The average molecular weight is 481 g/mol. The Morgan fingerprint density at radius 3 is 2.38 bits per heavy atom. The van der Waals surface area contributed by atoms with Gasteiger partial charge in [-0.05, 0) is 26.0 Å². The molecule has 3 aromatic rings. The summed E-state index contributed by atoms with van der Waals surface area (Å²) >= 11 is 0. The van der Waals surface area contributed by atoms with Gasteiger partial charge in [0.15, 0.2) is 11.6 Å². The lowest BCUT2D eigenvalue weighted by molar-refractivity contribution is 0.388. The van der Waals surface area contributed by atoms with Gasteiger partial charge in [0.25, 0.3) is 0 Å². The highest BCUT2D eigenvalue weighted by Gasteiger charge is 2.29. The predicted molar refractivity (Wildman–Crippen MR) is 130 cm³/mol. The summed E-state index contributed by atoms with van der Waals surface area (Å²) in [6, 6.07) is 6.02. The summed E-state index contributed by atoms with van der Waals surface area (Å²) in [5, 5.41) is 0. The van der Waals surface area contributed by atoms with E-state index >= 15 is 0 Å². The maximum Gasteiger partial charge on any atom is 0.211 e. The van der Waals surface area contributed by atoms with E-state index in [9.17, 15) is 8.42 Å². The smallest absolute Gasteiger partial charge is 0.211 e. The standard InChI is InChI=1S/C23H28N8O2S/c1-16-13-18(29-9-11-30(12-10-29)34(3,32)33)14-21(27-16)31-8-5-20-19(17(31)2)15-26-23(28-20)22-24-6-4-7-25-22/h4,6-7,13-15,17H,5,8-12H2,1-3H3/t17-/m1/s1. The molecule has 0 aliphatic carbocycles. The van der Waals surface area contributed by atoms with Crippen molar-refractivity contribution in [3.05, 3.63) is 53.7 Å². The van der Waals surface area contributed by atoms with Gasteiger partial charge in [0.2, 0.25) is 10.0 Å². The number of hydrogen-bond donors (Lipinski definition) is 0. The highest BCUT2D eigenvalue weighted by Crippen LogP contribution is 2.34. The molecule has 0 N–H and O–H groups in total. The predicted octanol–water partition coefficient (Wildman–Crippen LogP) is 1.84. The van der Waals surface area contributed by atoms with Gasteiger partial charge in [-0.1, -0.05) is 0 Å². The van der Waals surface area contributed by atoms with Crippen LogP contribution in [-0.2, 0) is 16.4 Å². The molecule has 1 fully saturated rings. The molecule has 5 rings (SSSR count). The zero-order valence-corrected chi connectivity index (χ0v) is 20.4. The van der Waals surface area contributed by atoms with Gasteiger partial charge in [-0.15, -0.1) is 0 Å². The number of hydrogen-bond acceptors (Lipinski definition) is 9. The van der Waals surface area contributed by atoms with Crippen LogP contribution < -0.4 is 9.80 Å². The average Bonchev–Trinajstić information content (AvgIpc) is 2.84. The Labute approximate surface area is 199 Å². The van der Waals surface area contributed by atoms with E-state index in [0.29, 0.717) is 37.8 Å². The monoisotopic (exact) mass is 480 g/mol. The maximum atomic E-state index is 11.9. The first-order chi connectivity index (χ1) is 16.3. The highest BCUT2D eigenvalue weighted by atomic mass is 32.2. The molecular weight excluding hydrogens is 452 g/mol. The van der Waals surface area contributed by atoms with Gasteiger partial charge in [0, 0.05) is 80.7 Å². The summed E-state index contributed by atoms with van der Waals surface area (Å²) in [5.41, 5.74) is 4.11. The summed E-state index contributed by atoms with van der Waals surface area (Å²) in [4.78, 5) is 27.2. The van der Waals surface area contributed by atoms with E-state index in [-0.39, 0.29) is 6.04 Å². The van der Waals surface area contributed by atoms with E-state index < -0.39 is 10.0 Å². The molecule has 0 unspecified atom stereocenters. The third kappa shape index (κ3) is 4.45. The molecule has 1 atom stereocenters. The first kappa shape index (κ1) is 22.6. The van der Waals surface area contributed by atoms with Crippen LogP contribution in [0.1, 0.15) is 29.9 Å². The van der Waals surface area contributed by atoms with E-state index in [2.05, 4.69) is 43.8 Å². The number of pyridine rings is 1. The molecule has 0 aromatic carbocycles. The Morgan fingerprint density at radius 2 is 1.68 bits per heavy atom. The number of nitrogens with zero attached hydrogens (tertiary/aromatic N) is 8. The van der Waals surface area contributed by atoms with E-state index in [1.54, 1.807) is 18.5 Å². The molecule has 0 radical (unpaired) electrons. The van der Waals surface area contributed by atoms with Gasteiger partial charge in [-0.3, -0.25) is 0 Å². The topological polar surface area (TPSA) is 108 Å². The molecule has 11 heteroatoms. The Kier molecular flexibility index (Phi) is 5.90. The molecule has 1 saturated heterocycles. The zero-order chi connectivity index (χ0) is 23.9. The zero-order valence-electron chi connectivity index (χ0n) is 19.6.